The molecule has 1 aromatic carbocycles. The van der Waals surface area contributed by atoms with Crippen LogP contribution in [-0.4, -0.2) is 16.9 Å². The number of rotatable bonds is 3. The zero-order chi connectivity index (χ0) is 13.0. The molecule has 2 aromatic rings. The minimum atomic E-state index is -0.629. The standard InChI is InChI=1S/C13H10N2O3/c14-12(16)11-7-6-10(8-15-11)18-13(17)9-4-2-1-3-5-9/h1-8H,(H2,14,16). The van der Waals surface area contributed by atoms with Gasteiger partial charge in [-0.1, -0.05) is 18.2 Å². The van der Waals surface area contributed by atoms with Crippen LogP contribution in [0.3, 0.4) is 0 Å². The lowest BCUT2D eigenvalue weighted by atomic mass is 10.2. The molecule has 0 atom stereocenters. The van der Waals surface area contributed by atoms with Crippen molar-refractivity contribution >= 4 is 11.9 Å². The predicted molar refractivity (Wildman–Crippen MR) is 64.2 cm³/mol. The normalized spacial score (nSPS) is 9.78. The summed E-state index contributed by atoms with van der Waals surface area (Å²) < 4.78 is 5.08. The molecule has 90 valence electrons. The van der Waals surface area contributed by atoms with Crippen molar-refractivity contribution in [3.63, 3.8) is 0 Å². The SMILES string of the molecule is NC(=O)c1ccc(OC(=O)c2ccccc2)cn1. The molecular weight excluding hydrogens is 232 g/mol. The average Bonchev–Trinajstić information content (AvgIpc) is 2.40. The second-order valence-electron chi connectivity index (χ2n) is 3.50. The summed E-state index contributed by atoms with van der Waals surface area (Å²) in [6.07, 6.45) is 1.28. The number of esters is 1. The fraction of sp³-hybridized carbons (Fsp3) is 0. The van der Waals surface area contributed by atoms with Crippen LogP contribution in [0.15, 0.2) is 48.7 Å². The summed E-state index contributed by atoms with van der Waals surface area (Å²) in [4.78, 5) is 26.3. The van der Waals surface area contributed by atoms with E-state index in [0.717, 1.165) is 0 Å². The van der Waals surface area contributed by atoms with Crippen LogP contribution in [-0.2, 0) is 0 Å². The quantitative estimate of drug-likeness (QED) is 0.825. The lowest BCUT2D eigenvalue weighted by Crippen LogP contribution is -2.13. The molecule has 0 spiro atoms. The lowest BCUT2D eigenvalue weighted by Gasteiger charge is -2.03. The van der Waals surface area contributed by atoms with E-state index in [2.05, 4.69) is 4.98 Å². The van der Waals surface area contributed by atoms with E-state index in [1.807, 2.05) is 0 Å². The second kappa shape index (κ2) is 5.09. The van der Waals surface area contributed by atoms with Gasteiger partial charge in [0.2, 0.25) is 0 Å². The van der Waals surface area contributed by atoms with Crippen molar-refractivity contribution in [1.29, 1.82) is 0 Å². The van der Waals surface area contributed by atoms with Gasteiger partial charge in [0, 0.05) is 0 Å². The molecule has 0 aliphatic carbocycles. The molecule has 1 heterocycles. The van der Waals surface area contributed by atoms with Gasteiger partial charge in [0.1, 0.15) is 11.4 Å². The number of nitrogens with two attached hydrogens (primary N) is 1. The Bertz CT molecular complexity index is 565. The van der Waals surface area contributed by atoms with Crippen molar-refractivity contribution in [2.45, 2.75) is 0 Å². The zero-order valence-electron chi connectivity index (χ0n) is 9.37. The summed E-state index contributed by atoms with van der Waals surface area (Å²) in [6.45, 7) is 0. The Kier molecular flexibility index (Phi) is 3.33. The smallest absolute Gasteiger partial charge is 0.343 e. The molecule has 5 heteroatoms. The molecule has 1 aromatic heterocycles. The minimum Gasteiger partial charge on any atom is -0.421 e. The highest BCUT2D eigenvalue weighted by Crippen LogP contribution is 2.11. The Hall–Kier alpha value is -2.69. The highest BCUT2D eigenvalue weighted by Gasteiger charge is 2.08. The van der Waals surface area contributed by atoms with E-state index in [1.165, 1.54) is 18.3 Å². The van der Waals surface area contributed by atoms with Crippen molar-refractivity contribution in [2.24, 2.45) is 5.73 Å². The third-order valence-electron chi connectivity index (χ3n) is 2.21. The maximum Gasteiger partial charge on any atom is 0.343 e. The third kappa shape index (κ3) is 2.70. The van der Waals surface area contributed by atoms with E-state index in [9.17, 15) is 9.59 Å². The number of nitrogens with zero attached hydrogens (tertiary/aromatic N) is 1. The van der Waals surface area contributed by atoms with Gasteiger partial charge in [0.05, 0.1) is 11.8 Å². The summed E-state index contributed by atoms with van der Waals surface area (Å²) >= 11 is 0. The first-order valence-electron chi connectivity index (χ1n) is 5.20. The van der Waals surface area contributed by atoms with Crippen molar-refractivity contribution in [2.75, 3.05) is 0 Å². The maximum atomic E-state index is 11.7. The number of ether oxygens (including phenoxy) is 1. The number of benzene rings is 1. The van der Waals surface area contributed by atoms with Gasteiger partial charge < -0.3 is 10.5 Å². The molecule has 2 N–H and O–H groups in total. The van der Waals surface area contributed by atoms with E-state index in [-0.39, 0.29) is 11.4 Å². The molecule has 1 amide bonds. The first-order chi connectivity index (χ1) is 8.66. The summed E-state index contributed by atoms with van der Waals surface area (Å²) in [5.41, 5.74) is 5.61. The van der Waals surface area contributed by atoms with Gasteiger partial charge in [0.25, 0.3) is 5.91 Å². The largest absolute Gasteiger partial charge is 0.421 e. The molecule has 18 heavy (non-hydrogen) atoms. The second-order valence-corrected chi connectivity index (χ2v) is 3.50. The number of aromatic nitrogens is 1. The zero-order valence-corrected chi connectivity index (χ0v) is 9.37. The van der Waals surface area contributed by atoms with Crippen LogP contribution in [0.4, 0.5) is 0 Å². The lowest BCUT2D eigenvalue weighted by molar-refractivity contribution is 0.0734. The van der Waals surface area contributed by atoms with Gasteiger partial charge in [-0.2, -0.15) is 0 Å². The van der Waals surface area contributed by atoms with Crippen LogP contribution in [0.1, 0.15) is 20.8 Å². The van der Waals surface area contributed by atoms with Gasteiger partial charge >= 0.3 is 5.97 Å². The fourth-order valence-corrected chi connectivity index (χ4v) is 1.33. The van der Waals surface area contributed by atoms with Crippen LogP contribution in [0.5, 0.6) is 5.75 Å². The Morgan fingerprint density at radius 2 is 1.78 bits per heavy atom. The van der Waals surface area contributed by atoms with Crippen molar-refractivity contribution in [1.82, 2.24) is 4.98 Å². The number of carbonyl (C=O) groups excluding carboxylic acids is 2. The van der Waals surface area contributed by atoms with Crippen LogP contribution in [0.25, 0.3) is 0 Å². The fourth-order valence-electron chi connectivity index (χ4n) is 1.33. The Morgan fingerprint density at radius 3 is 2.33 bits per heavy atom. The van der Waals surface area contributed by atoms with E-state index < -0.39 is 11.9 Å². The first-order valence-corrected chi connectivity index (χ1v) is 5.20. The molecule has 0 saturated carbocycles. The number of pyridine rings is 1. The van der Waals surface area contributed by atoms with Crippen molar-refractivity contribution in [3.8, 4) is 5.75 Å². The number of hydrogen-bond donors (Lipinski definition) is 1. The molecular formula is C13H10N2O3. The molecule has 0 aliphatic rings. The molecule has 0 bridgehead atoms. The van der Waals surface area contributed by atoms with E-state index in [1.54, 1.807) is 30.3 Å². The van der Waals surface area contributed by atoms with Crippen molar-refractivity contribution < 1.29 is 14.3 Å². The van der Waals surface area contributed by atoms with Crippen molar-refractivity contribution in [3.05, 3.63) is 59.9 Å². The number of carbonyl (C=O) groups is 2. The van der Waals surface area contributed by atoms with Crippen LogP contribution < -0.4 is 10.5 Å². The molecule has 0 unspecified atom stereocenters. The molecule has 0 saturated heterocycles. The van der Waals surface area contributed by atoms with Gasteiger partial charge in [-0.3, -0.25) is 4.79 Å². The number of primary amides is 1. The van der Waals surface area contributed by atoms with Crippen LogP contribution in [0.2, 0.25) is 0 Å². The topological polar surface area (TPSA) is 82.3 Å². The van der Waals surface area contributed by atoms with Gasteiger partial charge in [-0.15, -0.1) is 0 Å². The van der Waals surface area contributed by atoms with Gasteiger partial charge in [-0.05, 0) is 24.3 Å². The highest BCUT2D eigenvalue weighted by molar-refractivity contribution is 5.92. The molecule has 0 fully saturated rings. The Morgan fingerprint density at radius 1 is 1.06 bits per heavy atom. The summed E-state index contributed by atoms with van der Waals surface area (Å²) in [5.74, 6) is -0.853. The van der Waals surface area contributed by atoms with Gasteiger partial charge in [-0.25, -0.2) is 9.78 Å². The number of hydrogen-bond acceptors (Lipinski definition) is 4. The van der Waals surface area contributed by atoms with E-state index >= 15 is 0 Å². The molecule has 0 radical (unpaired) electrons. The molecule has 5 nitrogen and oxygen atoms in total. The summed E-state index contributed by atoms with van der Waals surface area (Å²) in [6, 6.07) is 11.4. The number of amides is 1. The van der Waals surface area contributed by atoms with E-state index in [4.69, 9.17) is 10.5 Å². The Balaban J connectivity index is 2.10. The first kappa shape index (κ1) is 11.8. The van der Waals surface area contributed by atoms with Crippen LogP contribution >= 0.6 is 0 Å². The third-order valence-corrected chi connectivity index (χ3v) is 2.21. The maximum absolute atomic E-state index is 11.7. The minimum absolute atomic E-state index is 0.120. The monoisotopic (exact) mass is 242 g/mol. The highest BCUT2D eigenvalue weighted by atomic mass is 16.5. The molecule has 2 rings (SSSR count). The van der Waals surface area contributed by atoms with Crippen LogP contribution in [0, 0.1) is 0 Å². The predicted octanol–water partition coefficient (Wildman–Crippen LogP) is 1.40. The average molecular weight is 242 g/mol. The summed E-state index contributed by atoms with van der Waals surface area (Å²) in [5, 5.41) is 0. The molecule has 0 aliphatic heterocycles. The van der Waals surface area contributed by atoms with Gasteiger partial charge in [0.15, 0.2) is 0 Å². The summed E-state index contributed by atoms with van der Waals surface area (Å²) in [7, 11) is 0. The van der Waals surface area contributed by atoms with E-state index in [0.29, 0.717) is 5.56 Å². The Labute approximate surface area is 103 Å².